The fraction of sp³-hybridized carbons (Fsp3) is 0.0652. The molecule has 0 bridgehead atoms. The Morgan fingerprint density at radius 1 is 0.560 bits per heavy atom. The minimum atomic E-state index is -0.295. The number of aromatic nitrogens is 2. The number of rotatable bonds is 4. The molecule has 0 spiro atoms. The van der Waals surface area contributed by atoms with Gasteiger partial charge in [-0.15, -0.1) is 0 Å². The summed E-state index contributed by atoms with van der Waals surface area (Å²) >= 11 is 1.79. The van der Waals surface area contributed by atoms with Gasteiger partial charge in [-0.2, -0.15) is 5.26 Å². The fourth-order valence-electron chi connectivity index (χ4n) is 7.61. The molecule has 1 aliphatic heterocycles. The quantitative estimate of drug-likeness (QED) is 0.189. The third kappa shape index (κ3) is 4.82. The van der Waals surface area contributed by atoms with Gasteiger partial charge in [0.05, 0.1) is 22.8 Å². The van der Waals surface area contributed by atoms with Gasteiger partial charge < -0.3 is 0 Å². The van der Waals surface area contributed by atoms with Gasteiger partial charge in [0.2, 0.25) is 0 Å². The molecule has 1 aliphatic rings. The lowest BCUT2D eigenvalue weighted by Gasteiger charge is -2.36. The zero-order valence-corrected chi connectivity index (χ0v) is 28.5. The van der Waals surface area contributed by atoms with E-state index in [9.17, 15) is 5.26 Å². The molecule has 4 heteroatoms. The lowest BCUT2D eigenvalue weighted by atomic mass is 9.73. The number of hydrogen-bond acceptors (Lipinski definition) is 4. The summed E-state index contributed by atoms with van der Waals surface area (Å²) in [5, 5.41) is 13.7. The van der Waals surface area contributed by atoms with Crippen LogP contribution in [0.1, 0.15) is 30.5 Å². The van der Waals surface area contributed by atoms with E-state index in [0.717, 1.165) is 49.6 Å². The topological polar surface area (TPSA) is 49.6 Å². The van der Waals surface area contributed by atoms with Gasteiger partial charge in [0.25, 0.3) is 0 Å². The Labute approximate surface area is 295 Å². The normalized spacial score (nSPS) is 13.1. The third-order valence-corrected chi connectivity index (χ3v) is 11.1. The minimum Gasteiger partial charge on any atom is -0.228 e. The first-order chi connectivity index (χ1) is 24.5. The van der Waals surface area contributed by atoms with Crippen LogP contribution in [0.3, 0.4) is 0 Å². The van der Waals surface area contributed by atoms with Gasteiger partial charge in [0, 0.05) is 37.3 Å². The maximum Gasteiger partial charge on any atom is 0.161 e. The predicted molar refractivity (Wildman–Crippen MR) is 206 cm³/mol. The summed E-state index contributed by atoms with van der Waals surface area (Å²) in [5.74, 6) is 0.684. The zero-order valence-electron chi connectivity index (χ0n) is 27.7. The van der Waals surface area contributed by atoms with Crippen LogP contribution < -0.4 is 0 Å². The minimum absolute atomic E-state index is 0.295. The van der Waals surface area contributed by atoms with Gasteiger partial charge in [-0.25, -0.2) is 9.97 Å². The summed E-state index contributed by atoms with van der Waals surface area (Å²) in [4.78, 5) is 12.9. The Kier molecular flexibility index (Phi) is 7.12. The smallest absolute Gasteiger partial charge is 0.161 e. The molecule has 0 amide bonds. The molecule has 0 aliphatic carbocycles. The molecule has 0 saturated carbocycles. The molecular formula is C46H31N3S. The van der Waals surface area contributed by atoms with Gasteiger partial charge in [0.1, 0.15) is 0 Å². The average molecular weight is 658 g/mol. The Bertz CT molecular complexity index is 2670. The van der Waals surface area contributed by atoms with Crippen LogP contribution in [0.15, 0.2) is 161 Å². The Hall–Kier alpha value is -6.02. The highest BCUT2D eigenvalue weighted by atomic mass is 32.2. The van der Waals surface area contributed by atoms with Gasteiger partial charge in [-0.3, -0.25) is 0 Å². The van der Waals surface area contributed by atoms with Crippen LogP contribution in [0.5, 0.6) is 0 Å². The Morgan fingerprint density at radius 3 is 2.04 bits per heavy atom. The molecule has 0 atom stereocenters. The summed E-state index contributed by atoms with van der Waals surface area (Å²) in [5.41, 5.74) is 10.9. The summed E-state index contributed by atoms with van der Waals surface area (Å²) in [6.45, 7) is 4.55. The molecule has 8 aromatic rings. The first-order valence-electron chi connectivity index (χ1n) is 16.8. The van der Waals surface area contributed by atoms with Gasteiger partial charge in [0.15, 0.2) is 5.82 Å². The maximum absolute atomic E-state index is 10.4. The summed E-state index contributed by atoms with van der Waals surface area (Å²) in [6.07, 6.45) is 0. The van der Waals surface area contributed by atoms with Crippen molar-refractivity contribution in [1.29, 1.82) is 5.26 Å². The molecule has 3 nitrogen and oxygen atoms in total. The van der Waals surface area contributed by atoms with Crippen LogP contribution >= 0.6 is 11.8 Å². The van der Waals surface area contributed by atoms with E-state index in [0.29, 0.717) is 11.4 Å². The molecule has 1 aromatic heterocycles. The van der Waals surface area contributed by atoms with Crippen molar-refractivity contribution in [2.45, 2.75) is 29.1 Å². The molecule has 2 heterocycles. The van der Waals surface area contributed by atoms with Crippen molar-refractivity contribution < 1.29 is 0 Å². The van der Waals surface area contributed by atoms with Crippen molar-refractivity contribution in [2.24, 2.45) is 0 Å². The molecule has 9 rings (SSSR count). The second kappa shape index (κ2) is 11.8. The van der Waals surface area contributed by atoms with Crippen LogP contribution in [0.2, 0.25) is 0 Å². The second-order valence-corrected chi connectivity index (χ2v) is 14.3. The molecule has 50 heavy (non-hydrogen) atoms. The average Bonchev–Trinajstić information content (AvgIpc) is 3.17. The van der Waals surface area contributed by atoms with E-state index in [2.05, 4.69) is 147 Å². The number of nitrogens with zero attached hydrogens (tertiary/aromatic N) is 3. The highest BCUT2D eigenvalue weighted by Crippen LogP contribution is 2.53. The van der Waals surface area contributed by atoms with Crippen molar-refractivity contribution in [1.82, 2.24) is 9.97 Å². The fourth-order valence-corrected chi connectivity index (χ4v) is 9.02. The number of para-hydroxylation sites is 1. The van der Waals surface area contributed by atoms with Crippen LogP contribution in [0.4, 0.5) is 0 Å². The maximum atomic E-state index is 10.4. The van der Waals surface area contributed by atoms with Crippen LogP contribution in [-0.2, 0) is 5.41 Å². The van der Waals surface area contributed by atoms with Gasteiger partial charge >= 0.3 is 0 Å². The summed E-state index contributed by atoms with van der Waals surface area (Å²) < 4.78 is 0. The molecule has 0 radical (unpaired) electrons. The number of nitriles is 1. The van der Waals surface area contributed by atoms with Crippen molar-refractivity contribution >= 4 is 33.4 Å². The molecule has 0 fully saturated rings. The predicted octanol–water partition coefficient (Wildman–Crippen LogP) is 12.1. The summed E-state index contributed by atoms with van der Waals surface area (Å²) in [7, 11) is 0. The lowest BCUT2D eigenvalue weighted by molar-refractivity contribution is 0.609. The van der Waals surface area contributed by atoms with Crippen molar-refractivity contribution in [2.75, 3.05) is 0 Å². The molecular weight excluding hydrogens is 627 g/mol. The van der Waals surface area contributed by atoms with E-state index < -0.39 is 0 Å². The van der Waals surface area contributed by atoms with E-state index in [-0.39, 0.29) is 5.41 Å². The van der Waals surface area contributed by atoms with Crippen LogP contribution in [0, 0.1) is 11.3 Å². The molecule has 7 aromatic carbocycles. The molecule has 0 saturated heterocycles. The van der Waals surface area contributed by atoms with Crippen LogP contribution in [0.25, 0.3) is 66.6 Å². The van der Waals surface area contributed by atoms with E-state index >= 15 is 0 Å². The first kappa shape index (κ1) is 30.1. The highest BCUT2D eigenvalue weighted by Gasteiger charge is 2.36. The standard InChI is InChI=1S/C46H31N3S/c1-46(2)38-20-9-11-22-40(38)50-41-26-23-32(28-47)42(43(41)46)30-15-12-16-31(27-30)44-37-19-8-10-21-39(37)48-45(49-44)36-25-24-33(29-13-4-3-5-14-29)34-17-6-7-18-35(34)36/h3-27H,1-2H3. The van der Waals surface area contributed by atoms with E-state index in [1.54, 1.807) is 11.8 Å². The van der Waals surface area contributed by atoms with E-state index in [4.69, 9.17) is 9.97 Å². The zero-order chi connectivity index (χ0) is 33.8. The Morgan fingerprint density at radius 2 is 1.22 bits per heavy atom. The molecule has 236 valence electrons. The summed E-state index contributed by atoms with van der Waals surface area (Å²) in [6, 6.07) is 55.4. The van der Waals surface area contributed by atoms with Crippen molar-refractivity contribution in [3.05, 3.63) is 168 Å². The van der Waals surface area contributed by atoms with E-state index in [1.165, 1.54) is 32.0 Å². The van der Waals surface area contributed by atoms with Crippen molar-refractivity contribution in [3.63, 3.8) is 0 Å². The Balaban J connectivity index is 1.24. The monoisotopic (exact) mass is 657 g/mol. The SMILES string of the molecule is CC1(C)c2ccccc2Sc2ccc(C#N)c(-c3cccc(-c4nc(-c5ccc(-c6ccccc6)c6ccccc56)nc5ccccc45)c3)c21. The third-order valence-electron chi connectivity index (χ3n) is 9.97. The lowest BCUT2D eigenvalue weighted by Crippen LogP contribution is -2.25. The first-order valence-corrected chi connectivity index (χ1v) is 17.6. The van der Waals surface area contributed by atoms with Crippen molar-refractivity contribution in [3.8, 4) is 51.0 Å². The number of benzene rings is 7. The highest BCUT2D eigenvalue weighted by molar-refractivity contribution is 7.99. The molecule has 0 unspecified atom stereocenters. The number of fused-ring (bicyclic) bond motifs is 4. The van der Waals surface area contributed by atoms with Gasteiger partial charge in [-0.05, 0) is 75.0 Å². The second-order valence-electron chi connectivity index (χ2n) is 13.3. The number of hydrogen-bond donors (Lipinski definition) is 0. The largest absolute Gasteiger partial charge is 0.228 e. The van der Waals surface area contributed by atoms with E-state index in [1.807, 2.05) is 24.3 Å². The van der Waals surface area contributed by atoms with Gasteiger partial charge in [-0.1, -0.05) is 141 Å². The molecule has 0 N–H and O–H groups in total. The van der Waals surface area contributed by atoms with Crippen LogP contribution in [-0.4, -0.2) is 9.97 Å².